The predicted molar refractivity (Wildman–Crippen MR) is 122 cm³/mol. The second kappa shape index (κ2) is 7.38. The summed E-state index contributed by atoms with van der Waals surface area (Å²) in [5.41, 5.74) is 3.49. The van der Waals surface area contributed by atoms with Crippen molar-refractivity contribution in [2.45, 2.75) is 46.1 Å². The summed E-state index contributed by atoms with van der Waals surface area (Å²) < 4.78 is 1.61. The number of rotatable bonds is 5. The van der Waals surface area contributed by atoms with Gasteiger partial charge in [-0.1, -0.05) is 49.2 Å². The molecule has 6 nitrogen and oxygen atoms in total. The first-order valence-electron chi connectivity index (χ1n) is 10.8. The van der Waals surface area contributed by atoms with Crippen LogP contribution in [0.25, 0.3) is 27.5 Å². The van der Waals surface area contributed by atoms with Gasteiger partial charge in [0.05, 0.1) is 11.4 Å². The Balaban J connectivity index is 1.56. The maximum absolute atomic E-state index is 13.0. The Bertz CT molecular complexity index is 1380. The summed E-state index contributed by atoms with van der Waals surface area (Å²) in [7, 11) is 0. The van der Waals surface area contributed by atoms with Gasteiger partial charge in [-0.15, -0.1) is 0 Å². The van der Waals surface area contributed by atoms with Gasteiger partial charge in [0.2, 0.25) is 0 Å². The average Bonchev–Trinajstić information content (AvgIpc) is 3.49. The number of hydrogen-bond donors (Lipinski definition) is 2. The van der Waals surface area contributed by atoms with Crippen molar-refractivity contribution in [2.75, 3.05) is 0 Å². The number of aromatic nitrogens is 3. The van der Waals surface area contributed by atoms with Crippen LogP contribution in [0.1, 0.15) is 47.9 Å². The zero-order valence-corrected chi connectivity index (χ0v) is 18.0. The number of fused-ring (bicyclic) bond motifs is 2. The highest BCUT2D eigenvalue weighted by Crippen LogP contribution is 2.33. The number of carbonyl (C=O) groups is 1. The number of hydrogen-bond acceptors (Lipinski definition) is 3. The molecule has 1 aliphatic rings. The Hall–Kier alpha value is -3.41. The quantitative estimate of drug-likeness (QED) is 0.509. The van der Waals surface area contributed by atoms with Crippen LogP contribution in [0.15, 0.2) is 47.3 Å². The summed E-state index contributed by atoms with van der Waals surface area (Å²) in [5.74, 6) is 0.507. The Kier molecular flexibility index (Phi) is 4.65. The zero-order chi connectivity index (χ0) is 21.7. The molecule has 158 valence electrons. The first kappa shape index (κ1) is 19.5. The van der Waals surface area contributed by atoms with Gasteiger partial charge in [0, 0.05) is 17.2 Å². The largest absolute Gasteiger partial charge is 0.348 e. The van der Waals surface area contributed by atoms with E-state index in [0.29, 0.717) is 22.5 Å². The van der Waals surface area contributed by atoms with E-state index in [4.69, 9.17) is 0 Å². The average molecular weight is 415 g/mol. The molecule has 1 amide bonds. The highest BCUT2D eigenvalue weighted by molar-refractivity contribution is 5.96. The van der Waals surface area contributed by atoms with E-state index in [0.717, 1.165) is 34.4 Å². The lowest BCUT2D eigenvalue weighted by Crippen LogP contribution is -2.33. The fourth-order valence-electron chi connectivity index (χ4n) is 4.42. The predicted octanol–water partition coefficient (Wildman–Crippen LogP) is 4.38. The molecular formula is C25H26N4O2. The second-order valence-corrected chi connectivity index (χ2v) is 8.76. The summed E-state index contributed by atoms with van der Waals surface area (Å²) >= 11 is 0. The van der Waals surface area contributed by atoms with E-state index in [9.17, 15) is 9.59 Å². The molecule has 2 aromatic heterocycles. The lowest BCUT2D eigenvalue weighted by atomic mass is 10.0. The van der Waals surface area contributed by atoms with Crippen molar-refractivity contribution in [3.8, 4) is 11.3 Å². The minimum atomic E-state index is -0.246. The lowest BCUT2D eigenvalue weighted by Gasteiger charge is -2.12. The second-order valence-electron chi connectivity index (χ2n) is 8.76. The van der Waals surface area contributed by atoms with Crippen molar-refractivity contribution in [1.29, 1.82) is 0 Å². The van der Waals surface area contributed by atoms with Crippen molar-refractivity contribution in [1.82, 2.24) is 19.9 Å². The fourth-order valence-corrected chi connectivity index (χ4v) is 4.42. The normalized spacial score (nSPS) is 14.8. The van der Waals surface area contributed by atoms with Crippen LogP contribution in [0.4, 0.5) is 0 Å². The monoisotopic (exact) mass is 414 g/mol. The standard InChI is InChI=1S/C25H26N4O2/c1-14(12-17-8-9-17)26-24(30)21-15(2)23-25(31)27-22(16(3)29(23)28-21)20-11-10-18-6-4-5-7-19(18)13-20/h4-7,10-11,13-14,17H,8-9,12H2,1-3H3,(H,26,30)(H,27,31). The number of amides is 1. The molecule has 1 atom stereocenters. The maximum Gasteiger partial charge on any atom is 0.274 e. The number of carbonyl (C=O) groups excluding carboxylic acids is 1. The van der Waals surface area contributed by atoms with Crippen molar-refractivity contribution >= 4 is 22.2 Å². The van der Waals surface area contributed by atoms with E-state index in [1.807, 2.05) is 44.2 Å². The van der Waals surface area contributed by atoms with Crippen LogP contribution in [0, 0.1) is 19.8 Å². The summed E-state index contributed by atoms with van der Waals surface area (Å²) in [6, 6.07) is 14.3. The molecule has 0 spiro atoms. The van der Waals surface area contributed by atoms with Crippen LogP contribution < -0.4 is 10.9 Å². The first-order chi connectivity index (χ1) is 14.9. The Labute approximate surface area is 180 Å². The van der Waals surface area contributed by atoms with Crippen molar-refractivity contribution in [3.63, 3.8) is 0 Å². The Morgan fingerprint density at radius 3 is 2.68 bits per heavy atom. The molecule has 1 fully saturated rings. The van der Waals surface area contributed by atoms with E-state index in [1.54, 1.807) is 11.4 Å². The molecule has 1 aliphatic carbocycles. The SMILES string of the molecule is Cc1c(C(=O)NC(C)CC2CC2)nn2c(C)c(-c3ccc4ccccc4c3)[nH]c(=O)c12. The summed E-state index contributed by atoms with van der Waals surface area (Å²) in [6.07, 6.45) is 3.49. The molecule has 4 aromatic rings. The molecule has 5 rings (SSSR count). The van der Waals surface area contributed by atoms with Gasteiger partial charge in [-0.2, -0.15) is 5.10 Å². The van der Waals surface area contributed by atoms with Crippen molar-refractivity contribution in [3.05, 3.63) is 69.8 Å². The zero-order valence-electron chi connectivity index (χ0n) is 18.0. The van der Waals surface area contributed by atoms with E-state index in [2.05, 4.69) is 27.5 Å². The van der Waals surface area contributed by atoms with Crippen LogP contribution in [0.3, 0.4) is 0 Å². The van der Waals surface area contributed by atoms with Crippen molar-refractivity contribution < 1.29 is 4.79 Å². The molecule has 2 N–H and O–H groups in total. The number of aromatic amines is 1. The van der Waals surface area contributed by atoms with E-state index >= 15 is 0 Å². The summed E-state index contributed by atoms with van der Waals surface area (Å²) in [6.45, 7) is 5.72. The van der Waals surface area contributed by atoms with Crippen LogP contribution >= 0.6 is 0 Å². The third-order valence-electron chi connectivity index (χ3n) is 6.27. The fraction of sp³-hybridized carbons (Fsp3) is 0.320. The molecule has 1 unspecified atom stereocenters. The molecule has 2 aromatic carbocycles. The van der Waals surface area contributed by atoms with Gasteiger partial charge in [-0.25, -0.2) is 4.52 Å². The first-order valence-corrected chi connectivity index (χ1v) is 10.8. The van der Waals surface area contributed by atoms with Crippen LogP contribution in [-0.4, -0.2) is 26.5 Å². The van der Waals surface area contributed by atoms with Gasteiger partial charge < -0.3 is 10.3 Å². The van der Waals surface area contributed by atoms with Gasteiger partial charge in [0.25, 0.3) is 11.5 Å². The van der Waals surface area contributed by atoms with E-state index in [1.165, 1.54) is 12.8 Å². The highest BCUT2D eigenvalue weighted by Gasteiger charge is 2.26. The number of nitrogens with one attached hydrogen (secondary N) is 2. The molecule has 0 bridgehead atoms. The third kappa shape index (κ3) is 3.52. The van der Waals surface area contributed by atoms with Gasteiger partial charge in [0.15, 0.2) is 5.69 Å². The van der Waals surface area contributed by atoms with Crippen LogP contribution in [-0.2, 0) is 0 Å². The molecule has 31 heavy (non-hydrogen) atoms. The Morgan fingerprint density at radius 2 is 1.94 bits per heavy atom. The highest BCUT2D eigenvalue weighted by atomic mass is 16.2. The molecule has 0 aliphatic heterocycles. The number of aryl methyl sites for hydroxylation is 2. The summed E-state index contributed by atoms with van der Waals surface area (Å²) in [4.78, 5) is 28.9. The molecule has 1 saturated carbocycles. The molecule has 0 saturated heterocycles. The number of H-pyrrole nitrogens is 1. The number of benzene rings is 2. The number of nitrogens with zero attached hydrogens (tertiary/aromatic N) is 2. The van der Waals surface area contributed by atoms with Gasteiger partial charge in [-0.3, -0.25) is 9.59 Å². The Morgan fingerprint density at radius 1 is 1.19 bits per heavy atom. The van der Waals surface area contributed by atoms with Gasteiger partial charge in [0.1, 0.15) is 5.52 Å². The van der Waals surface area contributed by atoms with Crippen LogP contribution in [0.5, 0.6) is 0 Å². The molecule has 0 radical (unpaired) electrons. The smallest absolute Gasteiger partial charge is 0.274 e. The topological polar surface area (TPSA) is 79.3 Å². The third-order valence-corrected chi connectivity index (χ3v) is 6.27. The van der Waals surface area contributed by atoms with E-state index < -0.39 is 0 Å². The minimum Gasteiger partial charge on any atom is -0.348 e. The lowest BCUT2D eigenvalue weighted by molar-refractivity contribution is 0.0931. The van der Waals surface area contributed by atoms with Crippen molar-refractivity contribution in [2.24, 2.45) is 5.92 Å². The van der Waals surface area contributed by atoms with E-state index in [-0.39, 0.29) is 17.5 Å². The molecule has 2 heterocycles. The van der Waals surface area contributed by atoms with Gasteiger partial charge >= 0.3 is 0 Å². The van der Waals surface area contributed by atoms with Crippen LogP contribution in [0.2, 0.25) is 0 Å². The maximum atomic E-state index is 13.0. The molecular weight excluding hydrogens is 388 g/mol. The summed E-state index contributed by atoms with van der Waals surface area (Å²) in [5, 5.41) is 9.84. The molecule has 6 heteroatoms. The van der Waals surface area contributed by atoms with Gasteiger partial charge in [-0.05, 0) is 49.9 Å². The minimum absolute atomic E-state index is 0.0942.